The molecule has 1 atom stereocenters. The molecule has 1 unspecified atom stereocenters. The summed E-state index contributed by atoms with van der Waals surface area (Å²) in [6.45, 7) is 3.01. The Morgan fingerprint density at radius 1 is 1.33 bits per heavy atom. The summed E-state index contributed by atoms with van der Waals surface area (Å²) in [4.78, 5) is 0. The number of halogens is 1. The molecule has 0 saturated carbocycles. The molecule has 0 aliphatic rings. The Bertz CT molecular complexity index is 490. The first-order valence-corrected chi connectivity index (χ1v) is 6.96. The van der Waals surface area contributed by atoms with Crippen LogP contribution >= 0.6 is 15.9 Å². The summed E-state index contributed by atoms with van der Waals surface area (Å²) in [5, 5.41) is 7.68. The van der Waals surface area contributed by atoms with E-state index < -0.39 is 0 Å². The molecule has 0 aliphatic carbocycles. The van der Waals surface area contributed by atoms with Crippen molar-refractivity contribution < 1.29 is 0 Å². The van der Waals surface area contributed by atoms with E-state index in [1.54, 1.807) is 0 Å². The molecular weight excluding hydrogens is 290 g/mol. The lowest BCUT2D eigenvalue weighted by molar-refractivity contribution is 0.589. The van der Waals surface area contributed by atoms with Crippen LogP contribution < -0.4 is 5.32 Å². The highest BCUT2D eigenvalue weighted by Gasteiger charge is 2.12. The minimum atomic E-state index is 0.312. The zero-order chi connectivity index (χ0) is 13.0. The van der Waals surface area contributed by atoms with Crippen LogP contribution in [0.4, 0.5) is 0 Å². The van der Waals surface area contributed by atoms with Crippen LogP contribution in [0.15, 0.2) is 41.1 Å². The summed E-state index contributed by atoms with van der Waals surface area (Å²) in [6, 6.07) is 8.78. The van der Waals surface area contributed by atoms with E-state index in [0.29, 0.717) is 6.04 Å². The number of likely N-dealkylation sites (N-methyl/N-ethyl adjacent to an activating group) is 1. The molecule has 3 nitrogen and oxygen atoms in total. The molecule has 96 valence electrons. The number of nitrogens with zero attached hydrogens (tertiary/aromatic N) is 2. The van der Waals surface area contributed by atoms with Gasteiger partial charge in [0.15, 0.2) is 0 Å². The molecule has 0 radical (unpaired) electrons. The lowest BCUT2D eigenvalue weighted by atomic mass is 10.0. The number of hydrogen-bond donors (Lipinski definition) is 1. The number of benzene rings is 1. The van der Waals surface area contributed by atoms with Crippen molar-refractivity contribution in [3.8, 4) is 0 Å². The number of hydrogen-bond acceptors (Lipinski definition) is 2. The second kappa shape index (κ2) is 6.16. The average molecular weight is 308 g/mol. The fourth-order valence-corrected chi connectivity index (χ4v) is 2.24. The lowest BCUT2D eigenvalue weighted by Crippen LogP contribution is -2.18. The van der Waals surface area contributed by atoms with Crippen molar-refractivity contribution in [1.29, 1.82) is 0 Å². The molecule has 0 aliphatic heterocycles. The van der Waals surface area contributed by atoms with Gasteiger partial charge < -0.3 is 5.32 Å². The van der Waals surface area contributed by atoms with Gasteiger partial charge in [-0.25, -0.2) is 0 Å². The molecule has 0 saturated heterocycles. The summed E-state index contributed by atoms with van der Waals surface area (Å²) in [5.41, 5.74) is 2.56. The van der Waals surface area contributed by atoms with Gasteiger partial charge in [-0.3, -0.25) is 4.68 Å². The van der Waals surface area contributed by atoms with Gasteiger partial charge in [0.2, 0.25) is 0 Å². The second-order valence-electron chi connectivity index (χ2n) is 4.30. The van der Waals surface area contributed by atoms with Crippen LogP contribution in [0, 0.1) is 0 Å². The summed E-state index contributed by atoms with van der Waals surface area (Å²) >= 11 is 3.46. The predicted molar refractivity (Wildman–Crippen MR) is 77.5 cm³/mol. The second-order valence-corrected chi connectivity index (χ2v) is 5.22. The summed E-state index contributed by atoms with van der Waals surface area (Å²) in [6.07, 6.45) is 5.03. The molecule has 1 N–H and O–H groups in total. The van der Waals surface area contributed by atoms with E-state index in [4.69, 9.17) is 0 Å². The molecule has 0 fully saturated rings. The van der Waals surface area contributed by atoms with E-state index in [1.165, 1.54) is 11.1 Å². The summed E-state index contributed by atoms with van der Waals surface area (Å²) in [5.74, 6) is 0. The van der Waals surface area contributed by atoms with Crippen LogP contribution in [0.3, 0.4) is 0 Å². The molecule has 18 heavy (non-hydrogen) atoms. The Balaban J connectivity index is 2.11. The molecule has 1 aromatic heterocycles. The van der Waals surface area contributed by atoms with Crippen molar-refractivity contribution in [3.05, 3.63) is 52.3 Å². The van der Waals surface area contributed by atoms with E-state index in [1.807, 2.05) is 17.9 Å². The Labute approximate surface area is 116 Å². The van der Waals surface area contributed by atoms with Crippen LogP contribution in [0.25, 0.3) is 0 Å². The maximum Gasteiger partial charge on any atom is 0.0537 e. The molecule has 2 rings (SSSR count). The van der Waals surface area contributed by atoms with Crippen molar-refractivity contribution in [2.75, 3.05) is 7.05 Å². The minimum Gasteiger partial charge on any atom is -0.313 e. The third kappa shape index (κ3) is 3.21. The van der Waals surface area contributed by atoms with Gasteiger partial charge in [0, 0.05) is 28.8 Å². The quantitative estimate of drug-likeness (QED) is 0.919. The summed E-state index contributed by atoms with van der Waals surface area (Å²) in [7, 11) is 1.99. The van der Waals surface area contributed by atoms with Crippen LogP contribution in [-0.4, -0.2) is 16.8 Å². The van der Waals surface area contributed by atoms with E-state index in [2.05, 4.69) is 63.7 Å². The molecule has 2 aromatic rings. The van der Waals surface area contributed by atoms with Crippen LogP contribution in [-0.2, 0) is 13.0 Å². The number of aryl methyl sites for hydroxylation is 1. The third-order valence-electron chi connectivity index (χ3n) is 3.08. The average Bonchev–Trinajstić information content (AvgIpc) is 2.87. The van der Waals surface area contributed by atoms with Gasteiger partial charge in [-0.05, 0) is 38.1 Å². The number of nitrogens with one attached hydrogen (secondary N) is 1. The Morgan fingerprint density at radius 3 is 2.61 bits per heavy atom. The van der Waals surface area contributed by atoms with Crippen molar-refractivity contribution >= 4 is 15.9 Å². The van der Waals surface area contributed by atoms with Crippen LogP contribution in [0.2, 0.25) is 0 Å². The van der Waals surface area contributed by atoms with Crippen LogP contribution in [0.1, 0.15) is 24.1 Å². The SMILES string of the molecule is CCn1cc(C(Cc2ccc(Br)cc2)NC)cn1. The molecule has 1 heterocycles. The molecule has 4 heteroatoms. The van der Waals surface area contributed by atoms with Gasteiger partial charge in [-0.2, -0.15) is 5.10 Å². The molecule has 1 aromatic carbocycles. The van der Waals surface area contributed by atoms with Gasteiger partial charge in [0.1, 0.15) is 0 Å². The monoisotopic (exact) mass is 307 g/mol. The first-order valence-electron chi connectivity index (χ1n) is 6.17. The standard InChI is InChI=1S/C14H18BrN3/c1-3-18-10-12(9-17-18)14(16-2)8-11-4-6-13(15)7-5-11/h4-7,9-10,14,16H,3,8H2,1-2H3. The van der Waals surface area contributed by atoms with Crippen molar-refractivity contribution in [1.82, 2.24) is 15.1 Å². The number of rotatable bonds is 5. The Hall–Kier alpha value is -1.13. The third-order valence-corrected chi connectivity index (χ3v) is 3.61. The van der Waals surface area contributed by atoms with E-state index in [9.17, 15) is 0 Å². The van der Waals surface area contributed by atoms with Gasteiger partial charge >= 0.3 is 0 Å². The normalized spacial score (nSPS) is 12.6. The fourth-order valence-electron chi connectivity index (χ4n) is 1.98. The summed E-state index contributed by atoms with van der Waals surface area (Å²) < 4.78 is 3.08. The number of aromatic nitrogens is 2. The smallest absolute Gasteiger partial charge is 0.0537 e. The van der Waals surface area contributed by atoms with E-state index in [-0.39, 0.29) is 0 Å². The van der Waals surface area contributed by atoms with Gasteiger partial charge in [0.25, 0.3) is 0 Å². The molecule has 0 spiro atoms. The van der Waals surface area contributed by atoms with Gasteiger partial charge in [-0.15, -0.1) is 0 Å². The Morgan fingerprint density at radius 2 is 2.06 bits per heavy atom. The van der Waals surface area contributed by atoms with Gasteiger partial charge in [-0.1, -0.05) is 28.1 Å². The molecular formula is C14H18BrN3. The topological polar surface area (TPSA) is 29.9 Å². The predicted octanol–water partition coefficient (Wildman–Crippen LogP) is 3.17. The highest BCUT2D eigenvalue weighted by atomic mass is 79.9. The Kier molecular flexibility index (Phi) is 4.55. The minimum absolute atomic E-state index is 0.312. The largest absolute Gasteiger partial charge is 0.313 e. The zero-order valence-electron chi connectivity index (χ0n) is 10.7. The maximum absolute atomic E-state index is 4.33. The van der Waals surface area contributed by atoms with E-state index in [0.717, 1.165) is 17.4 Å². The highest BCUT2D eigenvalue weighted by molar-refractivity contribution is 9.10. The molecule has 0 amide bonds. The van der Waals surface area contributed by atoms with Crippen molar-refractivity contribution in [3.63, 3.8) is 0 Å². The zero-order valence-corrected chi connectivity index (χ0v) is 12.3. The first-order chi connectivity index (χ1) is 8.72. The lowest BCUT2D eigenvalue weighted by Gasteiger charge is -2.14. The van der Waals surface area contributed by atoms with Crippen molar-refractivity contribution in [2.24, 2.45) is 0 Å². The molecule has 0 bridgehead atoms. The fraction of sp³-hybridized carbons (Fsp3) is 0.357. The van der Waals surface area contributed by atoms with Gasteiger partial charge in [0.05, 0.1) is 6.20 Å². The highest BCUT2D eigenvalue weighted by Crippen LogP contribution is 2.19. The van der Waals surface area contributed by atoms with E-state index >= 15 is 0 Å². The first kappa shape index (κ1) is 13.3. The maximum atomic E-state index is 4.33. The van der Waals surface area contributed by atoms with Crippen molar-refractivity contribution in [2.45, 2.75) is 25.9 Å². The van der Waals surface area contributed by atoms with Crippen LogP contribution in [0.5, 0.6) is 0 Å².